The molecule has 0 amide bonds. The number of hydrogen-bond acceptors (Lipinski definition) is 3. The Bertz CT molecular complexity index is 331. The van der Waals surface area contributed by atoms with Gasteiger partial charge in [0, 0.05) is 6.54 Å². The van der Waals surface area contributed by atoms with E-state index in [-0.39, 0.29) is 0 Å². The number of hydrogen-bond donors (Lipinski definition) is 1. The molecule has 3 nitrogen and oxygen atoms in total. The van der Waals surface area contributed by atoms with E-state index in [0.717, 1.165) is 0 Å². The molecule has 0 aromatic heterocycles. The molecule has 0 saturated heterocycles. The van der Waals surface area contributed by atoms with Crippen LogP contribution < -0.4 is 5.73 Å². The summed E-state index contributed by atoms with van der Waals surface area (Å²) in [5.41, 5.74) is 3.61. The highest BCUT2D eigenvalue weighted by Crippen LogP contribution is 2.38. The molecule has 0 aromatic rings. The fraction of sp³-hybridized carbons (Fsp3) is 0.909. The first-order valence-corrected chi connectivity index (χ1v) is 5.75. The lowest BCUT2D eigenvalue weighted by molar-refractivity contribution is -0.221. The van der Waals surface area contributed by atoms with Gasteiger partial charge in [0.2, 0.25) is 0 Å². The summed E-state index contributed by atoms with van der Waals surface area (Å²) in [6.45, 7) is 2.94. The fourth-order valence-corrected chi connectivity index (χ4v) is 1.38. The van der Waals surface area contributed by atoms with E-state index in [1.54, 1.807) is 0 Å². The molecule has 20 heavy (non-hydrogen) atoms. The Balaban J connectivity index is 5.15. The van der Waals surface area contributed by atoms with Gasteiger partial charge in [-0.15, -0.1) is 0 Å². The number of halogens is 6. The van der Waals surface area contributed by atoms with Gasteiger partial charge in [-0.05, 0) is 27.2 Å². The lowest BCUT2D eigenvalue weighted by Gasteiger charge is -2.28. The van der Waals surface area contributed by atoms with E-state index in [1.165, 1.54) is 20.8 Å². The number of ether oxygens (including phenoxy) is 1. The summed E-state index contributed by atoms with van der Waals surface area (Å²) < 4.78 is 80.1. The Morgan fingerprint density at radius 2 is 1.50 bits per heavy atom. The molecule has 0 rings (SSSR count). The summed E-state index contributed by atoms with van der Waals surface area (Å²) in [4.78, 5) is 11.4. The van der Waals surface area contributed by atoms with Crippen molar-refractivity contribution >= 4 is 5.97 Å². The van der Waals surface area contributed by atoms with E-state index in [2.05, 4.69) is 4.74 Å². The predicted molar refractivity (Wildman–Crippen MR) is 58.6 cm³/mol. The number of alkyl halides is 6. The maximum Gasteiger partial charge on any atom is 0.402 e. The SMILES string of the molecule is CC(C)(C)OC(=O)C(CC(CN)C(F)(F)F)C(F)(F)F. The number of nitrogens with two attached hydrogens (primary N) is 1. The zero-order valence-electron chi connectivity index (χ0n) is 11.2. The molecule has 0 heterocycles. The van der Waals surface area contributed by atoms with Crippen LogP contribution in [0.4, 0.5) is 26.3 Å². The predicted octanol–water partition coefficient (Wildman–Crippen LogP) is 3.03. The average Bonchev–Trinajstić information content (AvgIpc) is 2.10. The minimum absolute atomic E-state index is 1.03. The first kappa shape index (κ1) is 19.0. The second-order valence-corrected chi connectivity index (χ2v) is 5.34. The number of rotatable bonds is 4. The van der Waals surface area contributed by atoms with Crippen molar-refractivity contribution in [3.63, 3.8) is 0 Å². The summed E-state index contributed by atoms with van der Waals surface area (Å²) in [5.74, 6) is -6.99. The third-order valence-electron chi connectivity index (χ3n) is 2.35. The van der Waals surface area contributed by atoms with Crippen LogP contribution in [0.5, 0.6) is 0 Å². The Kier molecular flexibility index (Phi) is 5.89. The molecule has 9 heteroatoms. The number of carbonyl (C=O) groups excluding carboxylic acids is 1. The molecule has 0 bridgehead atoms. The third kappa shape index (κ3) is 6.44. The maximum absolute atomic E-state index is 12.7. The quantitative estimate of drug-likeness (QED) is 0.641. The molecule has 2 atom stereocenters. The maximum atomic E-state index is 12.7. The molecule has 2 N–H and O–H groups in total. The Morgan fingerprint density at radius 1 is 1.05 bits per heavy atom. The van der Waals surface area contributed by atoms with Crippen molar-refractivity contribution < 1.29 is 35.9 Å². The molecule has 0 saturated carbocycles. The van der Waals surface area contributed by atoms with Crippen molar-refractivity contribution in [1.82, 2.24) is 0 Å². The summed E-state index contributed by atoms with van der Waals surface area (Å²) in [6.07, 6.45) is -11.5. The molecule has 2 unspecified atom stereocenters. The molecule has 120 valence electrons. The van der Waals surface area contributed by atoms with Crippen LogP contribution >= 0.6 is 0 Å². The van der Waals surface area contributed by atoms with Gasteiger partial charge < -0.3 is 10.5 Å². The molecule has 0 fully saturated rings. The molecule has 0 aliphatic carbocycles. The largest absolute Gasteiger partial charge is 0.459 e. The summed E-state index contributed by atoms with van der Waals surface area (Å²) in [5, 5.41) is 0. The van der Waals surface area contributed by atoms with Crippen LogP contribution in [-0.2, 0) is 9.53 Å². The first-order valence-electron chi connectivity index (χ1n) is 5.75. The minimum Gasteiger partial charge on any atom is -0.459 e. The second kappa shape index (κ2) is 6.19. The Morgan fingerprint density at radius 3 is 1.75 bits per heavy atom. The molecule has 0 aromatic carbocycles. The third-order valence-corrected chi connectivity index (χ3v) is 2.35. The van der Waals surface area contributed by atoms with Crippen LogP contribution in [-0.4, -0.2) is 30.5 Å². The summed E-state index contributed by atoms with van der Waals surface area (Å²) in [6, 6.07) is 0. The molecule has 0 aliphatic rings. The van der Waals surface area contributed by atoms with Crippen molar-refractivity contribution in [1.29, 1.82) is 0 Å². The minimum atomic E-state index is -5.12. The van der Waals surface area contributed by atoms with Crippen molar-refractivity contribution in [2.45, 2.75) is 45.1 Å². The topological polar surface area (TPSA) is 52.3 Å². The average molecular weight is 309 g/mol. The highest BCUT2D eigenvalue weighted by molar-refractivity contribution is 5.73. The van der Waals surface area contributed by atoms with Gasteiger partial charge in [-0.3, -0.25) is 4.79 Å². The Hall–Kier alpha value is -0.990. The van der Waals surface area contributed by atoms with Crippen molar-refractivity contribution in [3.8, 4) is 0 Å². The van der Waals surface area contributed by atoms with Gasteiger partial charge in [0.1, 0.15) is 5.60 Å². The van der Waals surface area contributed by atoms with E-state index < -0.39 is 48.7 Å². The number of carbonyl (C=O) groups is 1. The van der Waals surface area contributed by atoms with Gasteiger partial charge in [-0.2, -0.15) is 26.3 Å². The van der Waals surface area contributed by atoms with Crippen LogP contribution in [0, 0.1) is 11.8 Å². The van der Waals surface area contributed by atoms with Gasteiger partial charge in [0.25, 0.3) is 0 Å². The van der Waals surface area contributed by atoms with Gasteiger partial charge in [0.15, 0.2) is 5.92 Å². The standard InChI is InChI=1S/C11H17F6NO2/c1-9(2,3)20-8(19)7(11(15,16)17)4-6(5-18)10(12,13)14/h6-7H,4-5,18H2,1-3H3. The van der Waals surface area contributed by atoms with E-state index >= 15 is 0 Å². The van der Waals surface area contributed by atoms with Crippen LogP contribution in [0.15, 0.2) is 0 Å². The van der Waals surface area contributed by atoms with Crippen molar-refractivity contribution in [2.75, 3.05) is 6.54 Å². The van der Waals surface area contributed by atoms with Gasteiger partial charge in [-0.25, -0.2) is 0 Å². The smallest absolute Gasteiger partial charge is 0.402 e. The van der Waals surface area contributed by atoms with Gasteiger partial charge >= 0.3 is 18.3 Å². The van der Waals surface area contributed by atoms with Crippen LogP contribution in [0.1, 0.15) is 27.2 Å². The van der Waals surface area contributed by atoms with Gasteiger partial charge in [0.05, 0.1) is 5.92 Å². The molecule has 0 spiro atoms. The van der Waals surface area contributed by atoms with Crippen LogP contribution in [0.25, 0.3) is 0 Å². The monoisotopic (exact) mass is 309 g/mol. The van der Waals surface area contributed by atoms with E-state index in [9.17, 15) is 31.1 Å². The fourth-order valence-electron chi connectivity index (χ4n) is 1.38. The summed E-state index contributed by atoms with van der Waals surface area (Å²) >= 11 is 0. The zero-order chi connectivity index (χ0) is 16.4. The second-order valence-electron chi connectivity index (χ2n) is 5.34. The number of esters is 1. The molecule has 0 radical (unpaired) electrons. The van der Waals surface area contributed by atoms with Gasteiger partial charge in [-0.1, -0.05) is 0 Å². The van der Waals surface area contributed by atoms with E-state index in [1.807, 2.05) is 0 Å². The lowest BCUT2D eigenvalue weighted by Crippen LogP contribution is -2.41. The van der Waals surface area contributed by atoms with E-state index in [4.69, 9.17) is 5.73 Å². The molecule has 0 aliphatic heterocycles. The normalized spacial score (nSPS) is 16.7. The lowest BCUT2D eigenvalue weighted by atomic mass is 9.93. The molecular weight excluding hydrogens is 292 g/mol. The van der Waals surface area contributed by atoms with Crippen molar-refractivity contribution in [3.05, 3.63) is 0 Å². The van der Waals surface area contributed by atoms with Crippen LogP contribution in [0.3, 0.4) is 0 Å². The molecular formula is C11H17F6NO2. The van der Waals surface area contributed by atoms with E-state index in [0.29, 0.717) is 0 Å². The highest BCUT2D eigenvalue weighted by atomic mass is 19.4. The Labute approximate surface area is 112 Å². The first-order chi connectivity index (χ1) is 8.68. The zero-order valence-corrected chi connectivity index (χ0v) is 11.2. The summed E-state index contributed by atoms with van der Waals surface area (Å²) in [7, 11) is 0. The van der Waals surface area contributed by atoms with Crippen LogP contribution in [0.2, 0.25) is 0 Å². The highest BCUT2D eigenvalue weighted by Gasteiger charge is 2.51. The van der Waals surface area contributed by atoms with Crippen molar-refractivity contribution in [2.24, 2.45) is 17.6 Å².